The van der Waals surface area contributed by atoms with E-state index in [0.717, 1.165) is 34.4 Å². The zero-order valence-corrected chi connectivity index (χ0v) is 17.2. The van der Waals surface area contributed by atoms with Gasteiger partial charge in [-0.05, 0) is 48.9 Å². The molecule has 1 aromatic carbocycles. The average Bonchev–Trinajstić information content (AvgIpc) is 3.36. The minimum Gasteiger partial charge on any atom is -0.365 e. The van der Waals surface area contributed by atoms with Gasteiger partial charge in [0, 0.05) is 17.5 Å². The largest absolute Gasteiger partial charge is 0.365 e. The van der Waals surface area contributed by atoms with E-state index in [1.54, 1.807) is 23.6 Å². The zero-order valence-electron chi connectivity index (χ0n) is 14.8. The summed E-state index contributed by atoms with van der Waals surface area (Å²) in [5.41, 5.74) is 2.42. The molecule has 8 heteroatoms. The van der Waals surface area contributed by atoms with Crippen LogP contribution >= 0.6 is 34.5 Å². The first-order valence-corrected chi connectivity index (χ1v) is 10.7. The number of aromatic nitrogens is 3. The SMILES string of the molecule is Clc1ccc(CNc2nc(-c3ccno3)nc3sc4c(c23)CCCC4)cc1Cl. The predicted octanol–water partition coefficient (Wildman–Crippen LogP) is 6.14. The van der Waals surface area contributed by atoms with Gasteiger partial charge in [0.1, 0.15) is 10.6 Å². The van der Waals surface area contributed by atoms with Crippen LogP contribution in [0.4, 0.5) is 5.82 Å². The van der Waals surface area contributed by atoms with E-state index < -0.39 is 0 Å². The van der Waals surface area contributed by atoms with E-state index in [1.165, 1.54) is 23.3 Å². The molecule has 3 heterocycles. The summed E-state index contributed by atoms with van der Waals surface area (Å²) in [4.78, 5) is 11.9. The van der Waals surface area contributed by atoms with E-state index in [9.17, 15) is 0 Å². The maximum atomic E-state index is 6.16. The quantitative estimate of drug-likeness (QED) is 0.420. The fourth-order valence-corrected chi connectivity index (χ4v) is 5.14. The van der Waals surface area contributed by atoms with Gasteiger partial charge in [0.2, 0.25) is 11.6 Å². The minimum atomic E-state index is 0.542. The molecule has 142 valence electrons. The molecule has 5 rings (SSSR count). The lowest BCUT2D eigenvalue weighted by molar-refractivity contribution is 0.430. The lowest BCUT2D eigenvalue weighted by Gasteiger charge is -2.13. The monoisotopic (exact) mass is 430 g/mol. The van der Waals surface area contributed by atoms with Crippen LogP contribution in [0, 0.1) is 0 Å². The number of aryl methyl sites for hydroxylation is 2. The molecule has 4 aromatic rings. The number of halogens is 2. The number of nitrogens with one attached hydrogen (secondary N) is 1. The smallest absolute Gasteiger partial charge is 0.204 e. The van der Waals surface area contributed by atoms with Crippen LogP contribution < -0.4 is 5.32 Å². The highest BCUT2D eigenvalue weighted by Gasteiger charge is 2.22. The Kier molecular flexibility index (Phi) is 4.70. The molecular formula is C20H16Cl2N4OS. The van der Waals surface area contributed by atoms with Crippen LogP contribution in [-0.2, 0) is 19.4 Å². The molecule has 5 nitrogen and oxygen atoms in total. The van der Waals surface area contributed by atoms with Crippen molar-refractivity contribution in [3.63, 3.8) is 0 Å². The molecule has 1 aliphatic carbocycles. The topological polar surface area (TPSA) is 63.8 Å². The summed E-state index contributed by atoms with van der Waals surface area (Å²) >= 11 is 13.9. The zero-order chi connectivity index (χ0) is 19.1. The van der Waals surface area contributed by atoms with E-state index >= 15 is 0 Å². The fraction of sp³-hybridized carbons (Fsp3) is 0.250. The van der Waals surface area contributed by atoms with Gasteiger partial charge in [0.05, 0.1) is 21.6 Å². The first-order valence-electron chi connectivity index (χ1n) is 9.10. The van der Waals surface area contributed by atoms with E-state index in [4.69, 9.17) is 37.7 Å². The number of anilines is 1. The van der Waals surface area contributed by atoms with Crippen molar-refractivity contribution in [3.8, 4) is 11.6 Å². The van der Waals surface area contributed by atoms with Crippen LogP contribution in [0.25, 0.3) is 21.8 Å². The van der Waals surface area contributed by atoms with Crippen LogP contribution in [0.1, 0.15) is 28.8 Å². The Morgan fingerprint density at radius 3 is 2.79 bits per heavy atom. The van der Waals surface area contributed by atoms with Crippen molar-refractivity contribution >= 4 is 50.6 Å². The average molecular weight is 431 g/mol. The van der Waals surface area contributed by atoms with Crippen molar-refractivity contribution < 1.29 is 4.52 Å². The second-order valence-electron chi connectivity index (χ2n) is 6.77. The lowest BCUT2D eigenvalue weighted by Crippen LogP contribution is -2.05. The van der Waals surface area contributed by atoms with Gasteiger partial charge in [-0.2, -0.15) is 0 Å². The Labute approximate surface area is 175 Å². The molecule has 1 aliphatic rings. The number of thiophene rings is 1. The molecule has 1 N–H and O–H groups in total. The fourth-order valence-electron chi connectivity index (χ4n) is 3.56. The van der Waals surface area contributed by atoms with Crippen molar-refractivity contribution in [1.29, 1.82) is 0 Å². The molecule has 3 aromatic heterocycles. The first kappa shape index (κ1) is 17.9. The highest BCUT2D eigenvalue weighted by Crippen LogP contribution is 2.39. The summed E-state index contributed by atoms with van der Waals surface area (Å²) in [5.74, 6) is 1.92. The molecule has 0 spiro atoms. The number of benzene rings is 1. The molecule has 0 radical (unpaired) electrons. The van der Waals surface area contributed by atoms with Gasteiger partial charge >= 0.3 is 0 Å². The van der Waals surface area contributed by atoms with E-state index in [-0.39, 0.29) is 0 Å². The molecule has 0 aliphatic heterocycles. The first-order chi connectivity index (χ1) is 13.7. The van der Waals surface area contributed by atoms with Crippen LogP contribution in [-0.4, -0.2) is 15.1 Å². The molecule has 0 atom stereocenters. The second kappa shape index (κ2) is 7.35. The number of nitrogens with zero attached hydrogens (tertiary/aromatic N) is 3. The van der Waals surface area contributed by atoms with Crippen LogP contribution in [0.3, 0.4) is 0 Å². The van der Waals surface area contributed by atoms with Crippen LogP contribution in [0.15, 0.2) is 35.0 Å². The Bertz CT molecular complexity index is 1160. The molecule has 0 saturated carbocycles. The van der Waals surface area contributed by atoms with Crippen molar-refractivity contribution in [3.05, 3.63) is 56.5 Å². The molecular weight excluding hydrogens is 415 g/mol. The maximum Gasteiger partial charge on any atom is 0.204 e. The third kappa shape index (κ3) is 3.26. The van der Waals surface area contributed by atoms with Gasteiger partial charge in [0.15, 0.2) is 0 Å². The lowest BCUT2D eigenvalue weighted by atomic mass is 9.97. The van der Waals surface area contributed by atoms with Crippen molar-refractivity contribution in [2.75, 3.05) is 5.32 Å². The summed E-state index contributed by atoms with van der Waals surface area (Å²) in [6, 6.07) is 7.41. The van der Waals surface area contributed by atoms with E-state index in [2.05, 4.69) is 10.5 Å². The number of hydrogen-bond donors (Lipinski definition) is 1. The molecule has 0 fully saturated rings. The van der Waals surface area contributed by atoms with Gasteiger partial charge in [-0.1, -0.05) is 34.4 Å². The molecule has 0 saturated heterocycles. The molecule has 0 amide bonds. The van der Waals surface area contributed by atoms with Gasteiger partial charge in [-0.3, -0.25) is 0 Å². The van der Waals surface area contributed by atoms with E-state index in [0.29, 0.717) is 28.2 Å². The van der Waals surface area contributed by atoms with Gasteiger partial charge in [-0.15, -0.1) is 11.3 Å². The minimum absolute atomic E-state index is 0.542. The van der Waals surface area contributed by atoms with Crippen molar-refractivity contribution in [2.45, 2.75) is 32.2 Å². The standard InChI is InChI=1S/C20H16Cl2N4OS/c21-13-6-5-11(9-14(13)22)10-23-19-17-12-3-1-2-4-16(12)28-20(17)26-18(25-19)15-7-8-24-27-15/h5-9H,1-4,10H2,(H,23,25,26). The van der Waals surface area contributed by atoms with E-state index in [1.807, 2.05) is 18.2 Å². The van der Waals surface area contributed by atoms with Crippen molar-refractivity contribution in [2.24, 2.45) is 0 Å². The summed E-state index contributed by atoms with van der Waals surface area (Å²) in [7, 11) is 0. The third-order valence-corrected chi connectivity index (χ3v) is 6.84. The third-order valence-electron chi connectivity index (χ3n) is 4.92. The highest BCUT2D eigenvalue weighted by atomic mass is 35.5. The number of rotatable bonds is 4. The van der Waals surface area contributed by atoms with Crippen molar-refractivity contribution in [1.82, 2.24) is 15.1 Å². The van der Waals surface area contributed by atoms with Gasteiger partial charge in [-0.25, -0.2) is 9.97 Å². The van der Waals surface area contributed by atoms with Crippen LogP contribution in [0.5, 0.6) is 0 Å². The summed E-state index contributed by atoms with van der Waals surface area (Å²) in [6.07, 6.45) is 6.22. The Morgan fingerprint density at radius 2 is 1.96 bits per heavy atom. The number of hydrogen-bond acceptors (Lipinski definition) is 6. The molecule has 0 unspecified atom stereocenters. The number of fused-ring (bicyclic) bond motifs is 3. The van der Waals surface area contributed by atoms with Gasteiger partial charge in [0.25, 0.3) is 0 Å². The predicted molar refractivity (Wildman–Crippen MR) is 113 cm³/mol. The normalized spacial score (nSPS) is 13.6. The Balaban J connectivity index is 1.58. The second-order valence-corrected chi connectivity index (χ2v) is 8.66. The summed E-state index contributed by atoms with van der Waals surface area (Å²) in [5, 5.41) is 9.49. The molecule has 0 bridgehead atoms. The van der Waals surface area contributed by atoms with Crippen LogP contribution in [0.2, 0.25) is 10.0 Å². The van der Waals surface area contributed by atoms with Gasteiger partial charge < -0.3 is 9.84 Å². The molecule has 28 heavy (non-hydrogen) atoms. The summed E-state index contributed by atoms with van der Waals surface area (Å²) < 4.78 is 5.29. The summed E-state index contributed by atoms with van der Waals surface area (Å²) in [6.45, 7) is 0.587. The maximum absolute atomic E-state index is 6.16. The Hall–Kier alpha value is -2.15. The Morgan fingerprint density at radius 1 is 1.07 bits per heavy atom. The highest BCUT2D eigenvalue weighted by molar-refractivity contribution is 7.19.